The molecule has 0 bridgehead atoms. The Morgan fingerprint density at radius 1 is 1.67 bits per heavy atom. The molecule has 0 amide bonds. The Balaban J connectivity index is 4.23. The average molecular weight is 261 g/mol. The Labute approximate surface area is 68.4 Å². The third kappa shape index (κ3) is 3.14. The van der Waals surface area contributed by atoms with E-state index in [0.717, 1.165) is 0 Å². The largest absolute Gasteiger partial charge is 0.294 e. The van der Waals surface area contributed by atoms with E-state index in [4.69, 9.17) is 5.41 Å². The van der Waals surface area contributed by atoms with Gasteiger partial charge in [0.25, 0.3) is 0 Å². The number of hydrogen-bond acceptors (Lipinski definition) is 3. The second kappa shape index (κ2) is 3.50. The second-order valence-electron chi connectivity index (χ2n) is 1.56. The van der Waals surface area contributed by atoms with Gasteiger partial charge in [-0.1, -0.05) is 22.6 Å². The standard InChI is InChI=1S/C4H8INO2S/c1-4(6)9(7,8)3-2-5/h6H,2-3H2,1H3. The lowest BCUT2D eigenvalue weighted by molar-refractivity contribution is 0.608. The van der Waals surface area contributed by atoms with Gasteiger partial charge in [0, 0.05) is 4.43 Å². The fraction of sp³-hybridized carbons (Fsp3) is 0.750. The number of alkyl halides is 1. The van der Waals surface area contributed by atoms with Crippen molar-refractivity contribution >= 4 is 37.5 Å². The molecule has 0 aliphatic carbocycles. The van der Waals surface area contributed by atoms with Crippen LogP contribution in [-0.4, -0.2) is 23.6 Å². The van der Waals surface area contributed by atoms with Gasteiger partial charge in [0.2, 0.25) is 0 Å². The number of nitrogens with one attached hydrogen (secondary N) is 1. The van der Waals surface area contributed by atoms with Crippen LogP contribution in [0.1, 0.15) is 6.92 Å². The van der Waals surface area contributed by atoms with Crippen molar-refractivity contribution in [1.82, 2.24) is 0 Å². The lowest BCUT2D eigenvalue weighted by Gasteiger charge is -1.95. The molecule has 0 rings (SSSR count). The van der Waals surface area contributed by atoms with Gasteiger partial charge >= 0.3 is 0 Å². The Hall–Kier alpha value is 0.350. The summed E-state index contributed by atoms with van der Waals surface area (Å²) in [5, 5.41) is 6.57. The van der Waals surface area contributed by atoms with Gasteiger partial charge in [0.05, 0.1) is 5.75 Å². The van der Waals surface area contributed by atoms with Crippen LogP contribution in [0.2, 0.25) is 0 Å². The highest BCUT2D eigenvalue weighted by molar-refractivity contribution is 14.1. The summed E-state index contributed by atoms with van der Waals surface area (Å²) in [7, 11) is -3.17. The van der Waals surface area contributed by atoms with Crippen LogP contribution in [0.3, 0.4) is 0 Å². The molecule has 0 saturated carbocycles. The lowest BCUT2D eigenvalue weighted by atomic mass is 10.9. The van der Waals surface area contributed by atoms with Gasteiger partial charge in [-0.3, -0.25) is 5.41 Å². The van der Waals surface area contributed by atoms with Crippen LogP contribution in [0.25, 0.3) is 0 Å². The fourth-order valence-corrected chi connectivity index (χ4v) is 2.50. The predicted octanol–water partition coefficient (Wildman–Crippen LogP) is 0.833. The highest BCUT2D eigenvalue weighted by Gasteiger charge is 2.10. The average Bonchev–Trinajstić information content (AvgIpc) is 1.65. The molecule has 54 valence electrons. The Morgan fingerprint density at radius 3 is 2.22 bits per heavy atom. The molecule has 0 saturated heterocycles. The van der Waals surface area contributed by atoms with Gasteiger partial charge in [-0.15, -0.1) is 0 Å². The molecule has 0 aromatic carbocycles. The molecule has 0 aromatic rings. The van der Waals surface area contributed by atoms with E-state index < -0.39 is 9.84 Å². The Bertz CT molecular complexity index is 197. The zero-order valence-corrected chi connectivity index (χ0v) is 7.99. The second-order valence-corrected chi connectivity index (χ2v) is 4.89. The SMILES string of the molecule is CC(=N)S(=O)(=O)CCI. The van der Waals surface area contributed by atoms with Crippen LogP contribution in [0, 0.1) is 5.41 Å². The number of hydrogen-bond donors (Lipinski definition) is 1. The van der Waals surface area contributed by atoms with Gasteiger partial charge in [-0.25, -0.2) is 8.42 Å². The molecule has 5 heteroatoms. The van der Waals surface area contributed by atoms with Crippen molar-refractivity contribution in [2.75, 3.05) is 10.2 Å². The van der Waals surface area contributed by atoms with Gasteiger partial charge in [-0.2, -0.15) is 0 Å². The van der Waals surface area contributed by atoms with Crippen molar-refractivity contribution in [3.63, 3.8) is 0 Å². The van der Waals surface area contributed by atoms with Gasteiger partial charge < -0.3 is 0 Å². The van der Waals surface area contributed by atoms with Crippen molar-refractivity contribution < 1.29 is 8.42 Å². The Kier molecular flexibility index (Phi) is 3.64. The zero-order chi connectivity index (χ0) is 7.49. The maximum absolute atomic E-state index is 10.7. The molecule has 0 radical (unpaired) electrons. The number of halogens is 1. The zero-order valence-electron chi connectivity index (χ0n) is 5.02. The predicted molar refractivity (Wildman–Crippen MR) is 46.1 cm³/mol. The Morgan fingerprint density at radius 2 is 2.11 bits per heavy atom. The summed E-state index contributed by atoms with van der Waals surface area (Å²) in [4.78, 5) is 0. The van der Waals surface area contributed by atoms with E-state index in [-0.39, 0.29) is 10.8 Å². The summed E-state index contributed by atoms with van der Waals surface area (Å²) in [6.07, 6.45) is 0. The summed E-state index contributed by atoms with van der Waals surface area (Å²) < 4.78 is 22.0. The molecule has 0 aliphatic heterocycles. The first-order valence-corrected chi connectivity index (χ1v) is 5.52. The lowest BCUT2D eigenvalue weighted by Crippen LogP contribution is -2.14. The maximum atomic E-state index is 10.7. The number of rotatable bonds is 2. The van der Waals surface area contributed by atoms with E-state index in [0.29, 0.717) is 4.43 Å². The van der Waals surface area contributed by atoms with Crippen LogP contribution in [0.4, 0.5) is 0 Å². The minimum absolute atomic E-state index is 0.0862. The van der Waals surface area contributed by atoms with E-state index in [1.807, 2.05) is 22.6 Å². The molecule has 0 spiro atoms. The molecule has 3 nitrogen and oxygen atoms in total. The maximum Gasteiger partial charge on any atom is 0.191 e. The molecular weight excluding hydrogens is 253 g/mol. The van der Waals surface area contributed by atoms with Crippen LogP contribution in [0.15, 0.2) is 0 Å². The third-order valence-corrected chi connectivity index (χ3v) is 3.76. The van der Waals surface area contributed by atoms with E-state index >= 15 is 0 Å². The molecule has 0 aliphatic rings. The summed E-state index contributed by atoms with van der Waals surface area (Å²) >= 11 is 1.97. The quantitative estimate of drug-likeness (QED) is 0.346. The highest BCUT2D eigenvalue weighted by Crippen LogP contribution is 1.94. The highest BCUT2D eigenvalue weighted by atomic mass is 127. The molecule has 1 N–H and O–H groups in total. The van der Waals surface area contributed by atoms with Gasteiger partial charge in [0.15, 0.2) is 9.84 Å². The first kappa shape index (κ1) is 9.35. The van der Waals surface area contributed by atoms with Crippen LogP contribution in [-0.2, 0) is 9.84 Å². The van der Waals surface area contributed by atoms with E-state index in [1.165, 1.54) is 6.92 Å². The molecular formula is C4H8INO2S. The van der Waals surface area contributed by atoms with Gasteiger partial charge in [-0.05, 0) is 6.92 Å². The normalized spacial score (nSPS) is 11.3. The fourth-order valence-electron chi connectivity index (χ4n) is 0.255. The van der Waals surface area contributed by atoms with E-state index in [9.17, 15) is 8.42 Å². The molecule has 9 heavy (non-hydrogen) atoms. The smallest absolute Gasteiger partial charge is 0.191 e. The van der Waals surface area contributed by atoms with Crippen LogP contribution < -0.4 is 0 Å². The topological polar surface area (TPSA) is 58.0 Å². The van der Waals surface area contributed by atoms with E-state index in [2.05, 4.69) is 0 Å². The summed E-state index contributed by atoms with van der Waals surface area (Å²) in [5.41, 5.74) is 0. The minimum Gasteiger partial charge on any atom is -0.294 e. The van der Waals surface area contributed by atoms with Crippen LogP contribution in [0.5, 0.6) is 0 Å². The monoisotopic (exact) mass is 261 g/mol. The third-order valence-electron chi connectivity index (χ3n) is 0.812. The molecule has 0 unspecified atom stereocenters. The molecule has 0 fully saturated rings. The van der Waals surface area contributed by atoms with Gasteiger partial charge in [0.1, 0.15) is 5.04 Å². The van der Waals surface area contributed by atoms with Crippen molar-refractivity contribution in [3.05, 3.63) is 0 Å². The number of sulfone groups is 1. The first-order chi connectivity index (χ1) is 4.00. The first-order valence-electron chi connectivity index (χ1n) is 2.34. The van der Waals surface area contributed by atoms with Crippen molar-refractivity contribution in [3.8, 4) is 0 Å². The molecule has 0 heterocycles. The van der Waals surface area contributed by atoms with Crippen molar-refractivity contribution in [2.24, 2.45) is 0 Å². The summed E-state index contributed by atoms with van der Waals surface area (Å²) in [6.45, 7) is 1.29. The van der Waals surface area contributed by atoms with E-state index in [1.54, 1.807) is 0 Å². The summed E-state index contributed by atoms with van der Waals surface area (Å²) in [6, 6.07) is 0. The van der Waals surface area contributed by atoms with Crippen LogP contribution >= 0.6 is 22.6 Å². The molecule has 0 aromatic heterocycles. The van der Waals surface area contributed by atoms with Crippen molar-refractivity contribution in [2.45, 2.75) is 6.92 Å². The molecule has 0 atom stereocenters. The summed E-state index contributed by atoms with van der Waals surface area (Å²) in [5.74, 6) is 0.0862. The minimum atomic E-state index is -3.17. The van der Waals surface area contributed by atoms with Crippen molar-refractivity contribution in [1.29, 1.82) is 5.41 Å².